The maximum atomic E-state index is 13.0. The van der Waals surface area contributed by atoms with Gasteiger partial charge in [-0.3, -0.25) is 9.48 Å². The van der Waals surface area contributed by atoms with Gasteiger partial charge >= 0.3 is 6.18 Å². The number of nitrogens with one attached hydrogen (secondary N) is 1. The molecule has 0 radical (unpaired) electrons. The summed E-state index contributed by atoms with van der Waals surface area (Å²) in [6.45, 7) is 1.56. The third-order valence-electron chi connectivity index (χ3n) is 6.31. The Morgan fingerprint density at radius 1 is 1.00 bits per heavy atom. The first-order valence-corrected chi connectivity index (χ1v) is 11.7. The molecule has 1 aliphatic rings. The van der Waals surface area contributed by atoms with Crippen LogP contribution < -0.4 is 5.32 Å². The first-order chi connectivity index (χ1) is 16.9. The SMILES string of the molecule is O=C(NCCc1nnc2n1CCCCC2)c1nn(Cc2ccc(C(F)(F)F)cc2)c2ccccc12. The van der Waals surface area contributed by atoms with Crippen molar-refractivity contribution in [3.8, 4) is 0 Å². The van der Waals surface area contributed by atoms with Crippen LogP contribution in [0.2, 0.25) is 0 Å². The monoisotopic (exact) mass is 482 g/mol. The predicted octanol–water partition coefficient (Wildman–Crippen LogP) is 4.39. The van der Waals surface area contributed by atoms with E-state index in [1.165, 1.54) is 18.6 Å². The van der Waals surface area contributed by atoms with Crippen molar-refractivity contribution < 1.29 is 18.0 Å². The number of halogens is 3. The molecule has 0 fully saturated rings. The lowest BCUT2D eigenvalue weighted by atomic mass is 10.1. The maximum Gasteiger partial charge on any atom is 0.416 e. The smallest absolute Gasteiger partial charge is 0.350 e. The minimum Gasteiger partial charge on any atom is -0.350 e. The van der Waals surface area contributed by atoms with E-state index in [2.05, 4.69) is 25.2 Å². The van der Waals surface area contributed by atoms with Crippen molar-refractivity contribution in [2.75, 3.05) is 6.54 Å². The molecule has 7 nitrogen and oxygen atoms in total. The number of amides is 1. The van der Waals surface area contributed by atoms with E-state index >= 15 is 0 Å². The van der Waals surface area contributed by atoms with E-state index < -0.39 is 11.7 Å². The molecule has 0 saturated heterocycles. The Kier molecular flexibility index (Phi) is 6.27. The van der Waals surface area contributed by atoms with E-state index in [1.54, 1.807) is 4.68 Å². The summed E-state index contributed by atoms with van der Waals surface area (Å²) in [5.41, 5.74) is 0.981. The second-order valence-corrected chi connectivity index (χ2v) is 8.72. The molecule has 1 N–H and O–H groups in total. The van der Waals surface area contributed by atoms with Crippen LogP contribution in [0, 0.1) is 0 Å². The quantitative estimate of drug-likeness (QED) is 0.442. The molecule has 5 rings (SSSR count). The molecule has 3 heterocycles. The zero-order chi connectivity index (χ0) is 24.4. The largest absolute Gasteiger partial charge is 0.416 e. The van der Waals surface area contributed by atoms with Crippen LogP contribution in [0.1, 0.15) is 52.5 Å². The average Bonchev–Trinajstić information content (AvgIpc) is 3.31. The fourth-order valence-corrected chi connectivity index (χ4v) is 4.49. The summed E-state index contributed by atoms with van der Waals surface area (Å²) in [7, 11) is 0. The van der Waals surface area contributed by atoms with Crippen molar-refractivity contribution in [1.82, 2.24) is 29.9 Å². The molecule has 2 aromatic carbocycles. The summed E-state index contributed by atoms with van der Waals surface area (Å²) in [5.74, 6) is 1.58. The number of para-hydroxylation sites is 1. The van der Waals surface area contributed by atoms with Gasteiger partial charge in [-0.15, -0.1) is 10.2 Å². The maximum absolute atomic E-state index is 13.0. The van der Waals surface area contributed by atoms with Crippen molar-refractivity contribution in [1.29, 1.82) is 0 Å². The number of hydrogen-bond acceptors (Lipinski definition) is 4. The Balaban J connectivity index is 1.30. The van der Waals surface area contributed by atoms with E-state index in [9.17, 15) is 18.0 Å². The van der Waals surface area contributed by atoms with Crippen molar-refractivity contribution >= 4 is 16.8 Å². The number of rotatable bonds is 6. The number of nitrogens with zero attached hydrogens (tertiary/aromatic N) is 5. The van der Waals surface area contributed by atoms with Crippen LogP contribution >= 0.6 is 0 Å². The van der Waals surface area contributed by atoms with E-state index in [-0.39, 0.29) is 18.1 Å². The molecule has 1 aliphatic heterocycles. The molecule has 0 spiro atoms. The molecule has 0 aliphatic carbocycles. The summed E-state index contributed by atoms with van der Waals surface area (Å²) in [4.78, 5) is 13.0. The normalized spacial score (nSPS) is 14.0. The summed E-state index contributed by atoms with van der Waals surface area (Å²) >= 11 is 0. The minimum absolute atomic E-state index is 0.248. The summed E-state index contributed by atoms with van der Waals surface area (Å²) in [6.07, 6.45) is 0.531. The van der Waals surface area contributed by atoms with Gasteiger partial charge in [-0.05, 0) is 36.6 Å². The number of carbonyl (C=O) groups excluding carboxylic acids is 1. The van der Waals surface area contributed by atoms with Crippen molar-refractivity contribution in [3.05, 3.63) is 77.0 Å². The van der Waals surface area contributed by atoms with Gasteiger partial charge in [0.1, 0.15) is 11.6 Å². The highest BCUT2D eigenvalue weighted by atomic mass is 19.4. The molecule has 0 atom stereocenters. The molecule has 182 valence electrons. The van der Waals surface area contributed by atoms with Crippen LogP contribution in [0.25, 0.3) is 10.9 Å². The Labute approximate surface area is 200 Å². The second kappa shape index (κ2) is 9.52. The molecular formula is C25H25F3N6O. The highest BCUT2D eigenvalue weighted by Gasteiger charge is 2.30. The molecule has 1 amide bonds. The third-order valence-corrected chi connectivity index (χ3v) is 6.31. The van der Waals surface area contributed by atoms with Gasteiger partial charge in [-0.2, -0.15) is 18.3 Å². The number of carbonyl (C=O) groups is 1. The van der Waals surface area contributed by atoms with Gasteiger partial charge in [0, 0.05) is 31.3 Å². The average molecular weight is 483 g/mol. The first-order valence-electron chi connectivity index (χ1n) is 11.7. The van der Waals surface area contributed by atoms with E-state index in [1.807, 2.05) is 24.3 Å². The van der Waals surface area contributed by atoms with Crippen molar-refractivity contribution in [2.45, 2.75) is 51.4 Å². The van der Waals surface area contributed by atoms with E-state index in [0.717, 1.165) is 55.1 Å². The molecule has 0 bridgehead atoms. The molecule has 0 saturated carbocycles. The topological polar surface area (TPSA) is 77.6 Å². The van der Waals surface area contributed by atoms with Crippen LogP contribution in [0.5, 0.6) is 0 Å². The Morgan fingerprint density at radius 2 is 1.80 bits per heavy atom. The number of benzene rings is 2. The third kappa shape index (κ3) is 4.91. The Morgan fingerprint density at radius 3 is 2.60 bits per heavy atom. The molecule has 10 heteroatoms. The molecule has 2 aromatic heterocycles. The zero-order valence-corrected chi connectivity index (χ0v) is 19.1. The van der Waals surface area contributed by atoms with Crippen LogP contribution in [-0.4, -0.2) is 37.0 Å². The lowest BCUT2D eigenvalue weighted by Crippen LogP contribution is -2.27. The van der Waals surface area contributed by atoms with Crippen molar-refractivity contribution in [3.63, 3.8) is 0 Å². The van der Waals surface area contributed by atoms with Gasteiger partial charge in [-0.1, -0.05) is 36.8 Å². The minimum atomic E-state index is -4.38. The number of hydrogen-bond donors (Lipinski definition) is 1. The van der Waals surface area contributed by atoms with Gasteiger partial charge in [0.2, 0.25) is 0 Å². The molecular weight excluding hydrogens is 457 g/mol. The molecule has 4 aromatic rings. The summed E-state index contributed by atoms with van der Waals surface area (Å²) in [6, 6.07) is 12.3. The summed E-state index contributed by atoms with van der Waals surface area (Å²) in [5, 5.41) is 16.7. The van der Waals surface area contributed by atoms with E-state index in [4.69, 9.17) is 0 Å². The predicted molar refractivity (Wildman–Crippen MR) is 124 cm³/mol. The van der Waals surface area contributed by atoms with Crippen molar-refractivity contribution in [2.24, 2.45) is 0 Å². The Hall–Kier alpha value is -3.69. The molecule has 0 unspecified atom stereocenters. The van der Waals surface area contributed by atoms with Gasteiger partial charge in [0.05, 0.1) is 17.6 Å². The second-order valence-electron chi connectivity index (χ2n) is 8.72. The Bertz CT molecular complexity index is 1340. The number of aryl methyl sites for hydroxylation is 1. The first kappa shape index (κ1) is 23.1. The fraction of sp³-hybridized carbons (Fsp3) is 0.360. The van der Waals surface area contributed by atoms with Crippen LogP contribution in [-0.2, 0) is 32.1 Å². The highest BCUT2D eigenvalue weighted by Crippen LogP contribution is 2.29. The van der Waals surface area contributed by atoms with Crippen LogP contribution in [0.3, 0.4) is 0 Å². The lowest BCUT2D eigenvalue weighted by molar-refractivity contribution is -0.137. The summed E-state index contributed by atoms with van der Waals surface area (Å²) < 4.78 is 42.4. The number of aromatic nitrogens is 5. The zero-order valence-electron chi connectivity index (χ0n) is 19.1. The van der Waals surface area contributed by atoms with E-state index in [0.29, 0.717) is 23.9 Å². The standard InChI is InChI=1S/C25H25F3N6O/c26-25(27,28)18-11-9-17(10-12-18)16-34-20-7-4-3-6-19(20)23(32-34)24(35)29-14-13-22-31-30-21-8-2-1-5-15-33(21)22/h3-4,6-7,9-12H,1-2,5,8,13-16H2,(H,29,35). The van der Waals surface area contributed by atoms with Crippen LogP contribution in [0.15, 0.2) is 48.5 Å². The van der Waals surface area contributed by atoms with Gasteiger partial charge in [-0.25, -0.2) is 0 Å². The fourth-order valence-electron chi connectivity index (χ4n) is 4.49. The molecule has 35 heavy (non-hydrogen) atoms. The van der Waals surface area contributed by atoms with Gasteiger partial charge in [0.25, 0.3) is 5.91 Å². The lowest BCUT2D eigenvalue weighted by Gasteiger charge is -2.08. The van der Waals surface area contributed by atoms with Gasteiger partial charge in [0.15, 0.2) is 5.69 Å². The highest BCUT2D eigenvalue weighted by molar-refractivity contribution is 6.04. The number of fused-ring (bicyclic) bond motifs is 2. The number of alkyl halides is 3. The van der Waals surface area contributed by atoms with Gasteiger partial charge < -0.3 is 9.88 Å². The van der Waals surface area contributed by atoms with Crippen LogP contribution in [0.4, 0.5) is 13.2 Å².